The molecule has 1 aromatic carbocycles. The second-order valence-corrected chi connectivity index (χ2v) is 12.9. The maximum absolute atomic E-state index is 13.2. The zero-order valence-electron chi connectivity index (χ0n) is 21.9. The number of phenols is 2. The van der Waals surface area contributed by atoms with Gasteiger partial charge in [0.15, 0.2) is 27.3 Å². The van der Waals surface area contributed by atoms with Crippen LogP contribution in [0.3, 0.4) is 0 Å². The van der Waals surface area contributed by atoms with Gasteiger partial charge < -0.3 is 31.2 Å². The van der Waals surface area contributed by atoms with Crippen LogP contribution in [0.1, 0.15) is 26.5 Å². The third-order valence-electron chi connectivity index (χ3n) is 6.12. The number of β-lactam (4-membered cyclic amide) rings is 1. The van der Waals surface area contributed by atoms with Crippen molar-refractivity contribution >= 4 is 63.5 Å². The summed E-state index contributed by atoms with van der Waals surface area (Å²) in [4.78, 5) is 57.1. The van der Waals surface area contributed by atoms with Gasteiger partial charge in [0.25, 0.3) is 11.8 Å². The van der Waals surface area contributed by atoms with E-state index in [1.54, 1.807) is 26.2 Å². The van der Waals surface area contributed by atoms with Gasteiger partial charge in [0, 0.05) is 29.0 Å². The number of fused-ring (bicyclic) bond motifs is 2. The molecule has 0 aliphatic carbocycles. The number of amides is 2. The van der Waals surface area contributed by atoms with E-state index in [-0.39, 0.29) is 45.6 Å². The van der Waals surface area contributed by atoms with Crippen LogP contribution in [0.25, 0.3) is 0 Å². The Morgan fingerprint density at radius 2 is 1.95 bits per heavy atom. The zero-order chi connectivity index (χ0) is 29.6. The highest BCUT2D eigenvalue weighted by Crippen LogP contribution is 2.42. The number of oxime groups is 1. The molecule has 216 valence electrons. The number of benzene rings is 1. The van der Waals surface area contributed by atoms with Gasteiger partial charge in [-0.15, -0.1) is 34.9 Å². The van der Waals surface area contributed by atoms with Crippen molar-refractivity contribution in [2.45, 2.75) is 43.3 Å². The molecule has 2 amide bonds. The number of carbonyl (C=O) groups is 3. The summed E-state index contributed by atoms with van der Waals surface area (Å²) < 4.78 is 0. The predicted molar refractivity (Wildman–Crippen MR) is 152 cm³/mol. The van der Waals surface area contributed by atoms with Crippen molar-refractivity contribution in [3.63, 3.8) is 0 Å². The van der Waals surface area contributed by atoms with E-state index >= 15 is 0 Å². The Hall–Kier alpha value is -3.83. The zero-order valence-corrected chi connectivity index (χ0v) is 24.3. The monoisotopic (exact) mass is 619 g/mol. The van der Waals surface area contributed by atoms with Gasteiger partial charge in [0.1, 0.15) is 28.9 Å². The minimum absolute atomic E-state index is 0.143. The van der Waals surface area contributed by atoms with Crippen molar-refractivity contribution in [1.82, 2.24) is 15.2 Å². The summed E-state index contributed by atoms with van der Waals surface area (Å²) in [5, 5.41) is 38.0. The molecule has 1 aromatic heterocycles. The number of anilines is 1. The summed E-state index contributed by atoms with van der Waals surface area (Å²) in [6, 6.07) is 1.64. The molecule has 0 saturated carbocycles. The number of aromatic nitrogens is 1. The van der Waals surface area contributed by atoms with Crippen LogP contribution < -0.4 is 21.8 Å². The van der Waals surface area contributed by atoms with Crippen LogP contribution in [0.5, 0.6) is 11.5 Å². The maximum atomic E-state index is 13.2. The lowest BCUT2D eigenvalue weighted by Crippen LogP contribution is -2.71. The van der Waals surface area contributed by atoms with E-state index in [1.165, 1.54) is 40.6 Å². The van der Waals surface area contributed by atoms with Crippen molar-refractivity contribution in [2.24, 2.45) is 15.1 Å². The Balaban J connectivity index is 1.32. The number of carbonyl (C=O) groups excluding carboxylic acids is 2. The van der Waals surface area contributed by atoms with E-state index in [1.807, 2.05) is 0 Å². The van der Waals surface area contributed by atoms with Gasteiger partial charge >= 0.3 is 5.97 Å². The van der Waals surface area contributed by atoms with Crippen molar-refractivity contribution in [2.75, 3.05) is 17.2 Å². The van der Waals surface area contributed by atoms with Crippen LogP contribution in [0.4, 0.5) is 5.13 Å². The Morgan fingerprint density at radius 1 is 1.29 bits per heavy atom. The van der Waals surface area contributed by atoms with Crippen LogP contribution in [-0.2, 0) is 19.2 Å². The van der Waals surface area contributed by atoms with Crippen molar-refractivity contribution in [3.05, 3.63) is 45.2 Å². The quantitative estimate of drug-likeness (QED) is 0.112. The summed E-state index contributed by atoms with van der Waals surface area (Å²) in [5.41, 5.74) is 6.11. The van der Waals surface area contributed by atoms with E-state index in [0.29, 0.717) is 22.0 Å². The molecule has 1 fully saturated rings. The highest BCUT2D eigenvalue weighted by atomic mass is 32.2. The van der Waals surface area contributed by atoms with Crippen molar-refractivity contribution < 1.29 is 34.5 Å². The first-order valence-corrected chi connectivity index (χ1v) is 15.1. The molecule has 5 rings (SSSR count). The number of nitrogens with two attached hydrogens (primary N) is 1. The Labute approximate surface area is 245 Å². The summed E-state index contributed by atoms with van der Waals surface area (Å²) >= 11 is 3.69. The second kappa shape index (κ2) is 10.9. The first kappa shape index (κ1) is 28.7. The summed E-state index contributed by atoms with van der Waals surface area (Å²) in [5.74, 6) is -2.68. The summed E-state index contributed by atoms with van der Waals surface area (Å²) in [6.07, 6.45) is -0.316. The largest absolute Gasteiger partial charge is 0.504 e. The minimum atomic E-state index is -1.27. The van der Waals surface area contributed by atoms with Gasteiger partial charge in [-0.05, 0) is 26.3 Å². The number of rotatable bonds is 9. The molecule has 0 bridgehead atoms. The third-order valence-corrected chi connectivity index (χ3v) is 9.35. The molecular weight excluding hydrogens is 595 g/mol. The van der Waals surface area contributed by atoms with Crippen molar-refractivity contribution in [1.29, 1.82) is 0 Å². The van der Waals surface area contributed by atoms with E-state index in [9.17, 15) is 29.7 Å². The first-order valence-electron chi connectivity index (χ1n) is 12.2. The minimum Gasteiger partial charge on any atom is -0.504 e. The highest BCUT2D eigenvalue weighted by molar-refractivity contribution is 8.01. The van der Waals surface area contributed by atoms with Crippen molar-refractivity contribution in [3.8, 4) is 11.5 Å². The molecule has 2 atom stereocenters. The molecular formula is C24H25N7O7S3. The number of nitrogens with zero attached hydrogens (tertiary/aromatic N) is 5. The lowest BCUT2D eigenvalue weighted by Gasteiger charge is -2.49. The number of nitrogens with one attached hydrogen (secondary N) is 1. The third kappa shape index (κ3) is 5.56. The van der Waals surface area contributed by atoms with Crippen LogP contribution in [0, 0.1) is 0 Å². The second-order valence-electron chi connectivity index (χ2n) is 9.56. The summed E-state index contributed by atoms with van der Waals surface area (Å²) in [7, 11) is 0. The normalized spacial score (nSPS) is 21.0. The standard InChI is InChI=1S/C24H25N7O7S3/c1-9(2)38-30-16(13-8-40-23(25)26-13)19(34)27-17-20(35)31-18(22(36)37)10(6-39-21(17)31)7-41-24(3)28-11-4-14(32)15(33)5-12(11)29-24/h4-5,8-9,17,21,32-33H,6-7H2,1-3H3,(H2,25,26)(H,27,34)(H,36,37)/b30-16+/t17-,21-/m1/s1. The number of hydrogen-bond donors (Lipinski definition) is 5. The van der Waals surface area contributed by atoms with Crippen LogP contribution in [0.2, 0.25) is 0 Å². The molecule has 17 heteroatoms. The number of aromatic hydroxyl groups is 2. The first-order chi connectivity index (χ1) is 19.4. The fourth-order valence-corrected chi connectivity index (χ4v) is 7.29. The van der Waals surface area contributed by atoms with Crippen LogP contribution >= 0.6 is 34.9 Å². The molecule has 0 radical (unpaired) electrons. The van der Waals surface area contributed by atoms with Crippen LogP contribution in [-0.4, -0.2) is 82.7 Å². The number of phenolic OH excluding ortho intramolecular Hbond substituents is 2. The topological polar surface area (TPSA) is 212 Å². The number of thiazole rings is 1. The molecule has 0 unspecified atom stereocenters. The molecule has 3 aliphatic rings. The lowest BCUT2D eigenvalue weighted by molar-refractivity contribution is -0.150. The maximum Gasteiger partial charge on any atom is 0.352 e. The number of nitrogen functional groups attached to an aromatic ring is 1. The lowest BCUT2D eigenvalue weighted by atomic mass is 10.0. The van der Waals surface area contributed by atoms with Gasteiger partial charge in [-0.25, -0.2) is 19.8 Å². The Morgan fingerprint density at radius 3 is 2.51 bits per heavy atom. The fraction of sp³-hybridized carbons (Fsp3) is 0.375. The summed E-state index contributed by atoms with van der Waals surface area (Å²) in [6.45, 7) is 5.20. The van der Waals surface area contributed by atoms with Gasteiger partial charge in [0.2, 0.25) is 0 Å². The van der Waals surface area contributed by atoms with Gasteiger partial charge in [-0.2, -0.15) is 0 Å². The molecule has 0 spiro atoms. The Bertz CT molecular complexity index is 1600. The number of hydrogen-bond acceptors (Lipinski definition) is 14. The predicted octanol–water partition coefficient (Wildman–Crippen LogP) is 0.364. The molecule has 41 heavy (non-hydrogen) atoms. The molecule has 6 N–H and O–H groups in total. The smallest absolute Gasteiger partial charge is 0.352 e. The fourth-order valence-electron chi connectivity index (χ4n) is 4.26. The number of carboxylic acids is 1. The average Bonchev–Trinajstić information content (AvgIpc) is 3.47. The number of aliphatic carboxylic acids is 1. The van der Waals surface area contributed by atoms with Gasteiger partial charge in [-0.3, -0.25) is 14.5 Å². The molecule has 2 aromatic rings. The van der Waals surface area contributed by atoms with E-state index in [4.69, 9.17) is 10.6 Å². The molecule has 14 nitrogen and oxygen atoms in total. The van der Waals surface area contributed by atoms with Gasteiger partial charge in [0.05, 0.1) is 10.7 Å². The Kier molecular flexibility index (Phi) is 7.60. The van der Waals surface area contributed by atoms with E-state index < -0.39 is 34.2 Å². The molecule has 1 saturated heterocycles. The highest BCUT2D eigenvalue weighted by Gasteiger charge is 2.54. The van der Waals surface area contributed by atoms with E-state index in [2.05, 4.69) is 25.4 Å². The SMILES string of the molecule is CC(C)O/N=C(/C(=O)N[C@@H]1C(=O)N2C(C(=O)O)=C(CSC3(C)N=c4cc(O)c(O)cc4=N3)CS[C@H]12)c1csc(N)n1. The van der Waals surface area contributed by atoms with E-state index in [0.717, 1.165) is 11.3 Å². The van der Waals surface area contributed by atoms with Crippen LogP contribution in [0.15, 0.2) is 43.9 Å². The molecule has 4 heterocycles. The number of thioether (sulfide) groups is 2. The average molecular weight is 620 g/mol. The van der Waals surface area contributed by atoms with Gasteiger partial charge in [-0.1, -0.05) is 5.16 Å². The molecule has 3 aliphatic heterocycles. The number of carboxylic acid groups (broad SMARTS) is 1.